The molecule has 0 bridgehead atoms. The second-order valence-electron chi connectivity index (χ2n) is 6.91. The molecule has 0 fully saturated rings. The van der Waals surface area contributed by atoms with E-state index in [-0.39, 0.29) is 11.7 Å². The number of aromatic nitrogens is 1. The van der Waals surface area contributed by atoms with Gasteiger partial charge in [-0.2, -0.15) is 0 Å². The molecule has 6 heteroatoms. The Labute approximate surface area is 178 Å². The lowest BCUT2D eigenvalue weighted by Gasteiger charge is -2.11. The summed E-state index contributed by atoms with van der Waals surface area (Å²) in [5, 5.41) is 3.01. The average Bonchev–Trinajstić information content (AvgIpc) is 3.09. The Bertz CT molecular complexity index is 1200. The van der Waals surface area contributed by atoms with Crippen molar-refractivity contribution in [2.24, 2.45) is 0 Å². The van der Waals surface area contributed by atoms with Gasteiger partial charge in [0.2, 0.25) is 5.91 Å². The summed E-state index contributed by atoms with van der Waals surface area (Å²) in [5.74, 6) is 0.382. The fourth-order valence-electron chi connectivity index (χ4n) is 3.27. The molecule has 1 aromatic heterocycles. The molecule has 152 valence electrons. The Morgan fingerprint density at radius 1 is 0.933 bits per heavy atom. The predicted molar refractivity (Wildman–Crippen MR) is 121 cm³/mol. The van der Waals surface area contributed by atoms with Gasteiger partial charge in [-0.15, -0.1) is 11.8 Å². The monoisotopic (exact) mass is 418 g/mol. The second-order valence-corrected chi connectivity index (χ2v) is 7.93. The van der Waals surface area contributed by atoms with Gasteiger partial charge in [-0.1, -0.05) is 54.6 Å². The number of hydrogen-bond donors (Lipinski definition) is 1. The zero-order valence-electron chi connectivity index (χ0n) is 16.4. The number of amides is 1. The Morgan fingerprint density at radius 2 is 1.67 bits per heavy atom. The Balaban J connectivity index is 1.34. The van der Waals surface area contributed by atoms with Gasteiger partial charge in [0, 0.05) is 23.6 Å². The first-order valence-corrected chi connectivity index (χ1v) is 10.8. The summed E-state index contributed by atoms with van der Waals surface area (Å²) in [4.78, 5) is 25.6. The number of hydrogen-bond acceptors (Lipinski definition) is 4. The molecule has 0 unspecified atom stereocenters. The van der Waals surface area contributed by atoms with Gasteiger partial charge >= 0.3 is 5.76 Å². The van der Waals surface area contributed by atoms with Gasteiger partial charge in [0.1, 0.15) is 0 Å². The molecule has 0 saturated carbocycles. The van der Waals surface area contributed by atoms with Crippen LogP contribution < -0.4 is 11.1 Å². The minimum atomic E-state index is -0.390. The Morgan fingerprint density at radius 3 is 2.53 bits per heavy atom. The van der Waals surface area contributed by atoms with Gasteiger partial charge in [-0.3, -0.25) is 9.36 Å². The third kappa shape index (κ3) is 4.83. The summed E-state index contributed by atoms with van der Waals surface area (Å²) in [5.41, 5.74) is 3.37. The van der Waals surface area contributed by atoms with Crippen molar-refractivity contribution in [3.8, 4) is 0 Å². The number of nitrogens with zero attached hydrogens (tertiary/aromatic N) is 1. The van der Waals surface area contributed by atoms with Gasteiger partial charge in [0.15, 0.2) is 5.58 Å². The van der Waals surface area contributed by atoms with Crippen LogP contribution in [-0.4, -0.2) is 10.5 Å². The molecule has 0 aliphatic heterocycles. The van der Waals surface area contributed by atoms with Crippen LogP contribution in [0.25, 0.3) is 11.1 Å². The molecular weight excluding hydrogens is 396 g/mol. The highest BCUT2D eigenvalue weighted by atomic mass is 32.2. The summed E-state index contributed by atoms with van der Waals surface area (Å²) in [6.07, 6.45) is 0.873. The highest BCUT2D eigenvalue weighted by molar-refractivity contribution is 7.98. The van der Waals surface area contributed by atoms with Crippen LogP contribution >= 0.6 is 11.8 Å². The van der Waals surface area contributed by atoms with E-state index >= 15 is 0 Å². The van der Waals surface area contributed by atoms with E-state index in [4.69, 9.17) is 4.42 Å². The van der Waals surface area contributed by atoms with Crippen molar-refractivity contribution in [2.45, 2.75) is 30.0 Å². The number of carbonyl (C=O) groups excluding carboxylic acids is 1. The zero-order chi connectivity index (χ0) is 20.8. The van der Waals surface area contributed by atoms with Gasteiger partial charge in [0.25, 0.3) is 0 Å². The topological polar surface area (TPSA) is 64.2 Å². The van der Waals surface area contributed by atoms with Crippen LogP contribution in [0.15, 0.2) is 93.0 Å². The molecule has 0 aliphatic rings. The smallest absolute Gasteiger partial charge is 0.408 e. The lowest BCUT2D eigenvalue weighted by atomic mass is 10.2. The van der Waals surface area contributed by atoms with Crippen LogP contribution in [0.1, 0.15) is 18.4 Å². The molecule has 1 heterocycles. The van der Waals surface area contributed by atoms with Crippen LogP contribution in [0, 0.1) is 0 Å². The molecule has 0 spiro atoms. The number of fused-ring (bicyclic) bond motifs is 1. The molecule has 1 N–H and O–H groups in total. The summed E-state index contributed by atoms with van der Waals surface area (Å²) in [6, 6.07) is 25.4. The van der Waals surface area contributed by atoms with E-state index < -0.39 is 0 Å². The third-order valence-corrected chi connectivity index (χ3v) is 5.90. The SMILES string of the molecule is O=C(CCCn1c(=O)oc2ccccc21)Nc1ccccc1SCc1ccccc1. The van der Waals surface area contributed by atoms with E-state index in [9.17, 15) is 9.59 Å². The molecule has 0 saturated heterocycles. The fourth-order valence-corrected chi connectivity index (χ4v) is 4.23. The number of nitrogens with one attached hydrogen (secondary N) is 1. The summed E-state index contributed by atoms with van der Waals surface area (Å²) in [6.45, 7) is 0.438. The maximum atomic E-state index is 12.5. The molecular formula is C24H22N2O3S. The van der Waals surface area contributed by atoms with Crippen molar-refractivity contribution < 1.29 is 9.21 Å². The number of para-hydroxylation sites is 3. The molecule has 3 aromatic carbocycles. The first kappa shape index (κ1) is 20.0. The van der Waals surface area contributed by atoms with Crippen LogP contribution in [0.3, 0.4) is 0 Å². The lowest BCUT2D eigenvalue weighted by Crippen LogP contribution is -2.17. The molecule has 5 nitrogen and oxygen atoms in total. The molecule has 4 aromatic rings. The predicted octanol–water partition coefficient (Wildman–Crippen LogP) is 5.31. The standard InChI is InChI=1S/C24H22N2O3S/c27-23(15-8-16-26-20-12-5-6-13-21(20)29-24(26)28)25-19-11-4-7-14-22(19)30-17-18-9-2-1-3-10-18/h1-7,9-14H,8,15-17H2,(H,25,27). The van der Waals surface area contributed by atoms with Crippen molar-refractivity contribution in [3.05, 3.63) is 95.0 Å². The lowest BCUT2D eigenvalue weighted by molar-refractivity contribution is -0.116. The Kier molecular flexibility index (Phi) is 6.35. The van der Waals surface area contributed by atoms with Gasteiger partial charge < -0.3 is 9.73 Å². The number of carbonyl (C=O) groups is 1. The minimum Gasteiger partial charge on any atom is -0.408 e. The van der Waals surface area contributed by atoms with Crippen molar-refractivity contribution in [3.63, 3.8) is 0 Å². The highest BCUT2D eigenvalue weighted by Gasteiger charge is 2.11. The fraction of sp³-hybridized carbons (Fsp3) is 0.167. The number of anilines is 1. The number of rotatable bonds is 8. The van der Waals surface area contributed by atoms with E-state index in [2.05, 4.69) is 17.4 Å². The van der Waals surface area contributed by atoms with E-state index in [1.807, 2.05) is 60.7 Å². The van der Waals surface area contributed by atoms with Crippen molar-refractivity contribution in [2.75, 3.05) is 5.32 Å². The van der Waals surface area contributed by atoms with E-state index in [0.717, 1.165) is 21.9 Å². The summed E-state index contributed by atoms with van der Waals surface area (Å²) >= 11 is 1.69. The maximum Gasteiger partial charge on any atom is 0.419 e. The third-order valence-electron chi connectivity index (χ3n) is 4.76. The quantitative estimate of drug-likeness (QED) is 0.394. The number of thioether (sulfide) groups is 1. The summed E-state index contributed by atoms with van der Waals surface area (Å²) in [7, 11) is 0. The normalized spacial score (nSPS) is 10.9. The van der Waals surface area contributed by atoms with Crippen LogP contribution in [-0.2, 0) is 17.1 Å². The average molecular weight is 419 g/mol. The van der Waals surface area contributed by atoms with Gasteiger partial charge in [-0.25, -0.2) is 4.79 Å². The van der Waals surface area contributed by atoms with E-state index in [1.165, 1.54) is 5.56 Å². The first-order valence-electron chi connectivity index (χ1n) is 9.85. The van der Waals surface area contributed by atoms with E-state index in [0.29, 0.717) is 25.0 Å². The van der Waals surface area contributed by atoms with Crippen molar-refractivity contribution >= 4 is 34.5 Å². The van der Waals surface area contributed by atoms with Crippen LogP contribution in [0.2, 0.25) is 0 Å². The van der Waals surface area contributed by atoms with Crippen molar-refractivity contribution in [1.82, 2.24) is 4.57 Å². The minimum absolute atomic E-state index is 0.0661. The highest BCUT2D eigenvalue weighted by Crippen LogP contribution is 2.30. The Hall–Kier alpha value is -3.25. The number of benzene rings is 3. The maximum absolute atomic E-state index is 12.5. The summed E-state index contributed by atoms with van der Waals surface area (Å²) < 4.78 is 6.81. The van der Waals surface area contributed by atoms with E-state index in [1.54, 1.807) is 22.4 Å². The molecule has 0 atom stereocenters. The first-order chi connectivity index (χ1) is 14.7. The zero-order valence-corrected chi connectivity index (χ0v) is 17.2. The second kappa shape index (κ2) is 9.50. The van der Waals surface area contributed by atoms with Crippen LogP contribution in [0.5, 0.6) is 0 Å². The van der Waals surface area contributed by atoms with Gasteiger partial charge in [0.05, 0.1) is 11.2 Å². The molecule has 0 radical (unpaired) electrons. The number of aryl methyl sites for hydroxylation is 1. The van der Waals surface area contributed by atoms with Gasteiger partial charge in [-0.05, 0) is 36.2 Å². The molecule has 0 aliphatic carbocycles. The molecule has 30 heavy (non-hydrogen) atoms. The number of oxazole rings is 1. The largest absolute Gasteiger partial charge is 0.419 e. The van der Waals surface area contributed by atoms with Crippen LogP contribution in [0.4, 0.5) is 5.69 Å². The molecule has 4 rings (SSSR count). The van der Waals surface area contributed by atoms with Crippen molar-refractivity contribution in [1.29, 1.82) is 0 Å². The molecule has 1 amide bonds.